The number of aryl methyl sites for hydroxylation is 1. The number of anilines is 1. The van der Waals surface area contributed by atoms with Crippen LogP contribution in [0.3, 0.4) is 0 Å². The van der Waals surface area contributed by atoms with Gasteiger partial charge in [-0.25, -0.2) is 14.8 Å². The molecular formula is C33H48N6O3. The number of hydrogen-bond donors (Lipinski definition) is 2. The van der Waals surface area contributed by atoms with E-state index in [2.05, 4.69) is 18.2 Å². The smallest absolute Gasteiger partial charge is 0.328 e. The van der Waals surface area contributed by atoms with Crippen molar-refractivity contribution in [2.24, 2.45) is 4.99 Å². The van der Waals surface area contributed by atoms with Gasteiger partial charge in [-0.2, -0.15) is 0 Å². The number of amides is 3. The minimum absolute atomic E-state index is 0.0427. The Morgan fingerprint density at radius 1 is 0.952 bits per heavy atom. The highest BCUT2D eigenvalue weighted by molar-refractivity contribution is 6.05. The fraction of sp³-hybridized carbons (Fsp3) is 0.545. The molecule has 3 N–H and O–H groups in total. The van der Waals surface area contributed by atoms with E-state index in [-0.39, 0.29) is 18.5 Å². The number of carbonyl (C=O) groups excluding carboxylic acids is 2. The normalized spacial score (nSPS) is 20.5. The number of para-hydroxylation sites is 1. The fourth-order valence-corrected chi connectivity index (χ4v) is 6.39. The van der Waals surface area contributed by atoms with E-state index in [0.717, 1.165) is 49.2 Å². The van der Waals surface area contributed by atoms with Crippen molar-refractivity contribution in [3.8, 4) is 0 Å². The van der Waals surface area contributed by atoms with Crippen LogP contribution in [0.1, 0.15) is 70.4 Å². The van der Waals surface area contributed by atoms with Crippen LogP contribution in [0.5, 0.6) is 0 Å². The van der Waals surface area contributed by atoms with Crippen LogP contribution in [0, 0.1) is 0 Å². The third-order valence-electron chi connectivity index (χ3n) is 8.53. The first-order chi connectivity index (χ1) is 20.4. The molecule has 228 valence electrons. The number of nitrogen functional groups attached to an aromatic ring is 1. The first kappa shape index (κ1) is 31.5. The number of aliphatic imine (C=N–C) groups is 1. The fourth-order valence-electron chi connectivity index (χ4n) is 6.39. The minimum atomic E-state index is -0.996. The number of likely N-dealkylation sites (N-methyl/N-ethyl adjacent to an activating group) is 1. The van der Waals surface area contributed by atoms with Gasteiger partial charge in [0.1, 0.15) is 5.84 Å². The number of unbranched alkanes of at least 4 members (excludes halogenated alkanes) is 3. The third kappa shape index (κ3) is 6.47. The Balaban J connectivity index is 1.60. The topological polar surface area (TPSA) is 106 Å². The summed E-state index contributed by atoms with van der Waals surface area (Å²) in [5.74, 6) is 0.553. The second-order valence-corrected chi connectivity index (χ2v) is 11.2. The van der Waals surface area contributed by atoms with Gasteiger partial charge >= 0.3 is 6.03 Å². The van der Waals surface area contributed by atoms with Crippen LogP contribution in [0.25, 0.3) is 0 Å². The number of imide groups is 1. The third-order valence-corrected chi connectivity index (χ3v) is 8.53. The lowest BCUT2D eigenvalue weighted by atomic mass is 9.91. The van der Waals surface area contributed by atoms with E-state index < -0.39 is 11.7 Å². The summed E-state index contributed by atoms with van der Waals surface area (Å²) in [5, 5.41) is 13.9. The van der Waals surface area contributed by atoms with Gasteiger partial charge in [0, 0.05) is 38.3 Å². The highest BCUT2D eigenvalue weighted by atomic mass is 16.3. The monoisotopic (exact) mass is 576 g/mol. The van der Waals surface area contributed by atoms with Crippen molar-refractivity contribution in [1.82, 2.24) is 19.8 Å². The second kappa shape index (κ2) is 14.6. The molecule has 2 atom stereocenters. The maximum absolute atomic E-state index is 14.2. The molecule has 1 fully saturated rings. The van der Waals surface area contributed by atoms with Crippen molar-refractivity contribution in [2.75, 3.05) is 38.5 Å². The molecule has 0 aliphatic carbocycles. The largest absolute Gasteiger partial charge is 0.399 e. The minimum Gasteiger partial charge on any atom is -0.399 e. The number of aliphatic hydroxyl groups excluding tert-OH is 1. The van der Waals surface area contributed by atoms with E-state index >= 15 is 0 Å². The number of nitrogens with zero attached hydrogens (tertiary/aromatic N) is 5. The number of hydrazine groups is 1. The summed E-state index contributed by atoms with van der Waals surface area (Å²) in [5.41, 5.74) is 8.22. The van der Waals surface area contributed by atoms with Gasteiger partial charge in [-0.3, -0.25) is 19.6 Å². The van der Waals surface area contributed by atoms with E-state index in [1.807, 2.05) is 72.1 Å². The van der Waals surface area contributed by atoms with Crippen molar-refractivity contribution in [3.05, 3.63) is 65.7 Å². The zero-order valence-electron chi connectivity index (χ0n) is 25.5. The Labute approximate surface area is 251 Å². The zero-order chi connectivity index (χ0) is 30.1. The summed E-state index contributed by atoms with van der Waals surface area (Å²) >= 11 is 0. The Bertz CT molecular complexity index is 1220. The first-order valence-electron chi connectivity index (χ1n) is 15.7. The van der Waals surface area contributed by atoms with E-state index in [1.54, 1.807) is 0 Å². The van der Waals surface area contributed by atoms with Gasteiger partial charge in [0.25, 0.3) is 5.91 Å². The summed E-state index contributed by atoms with van der Waals surface area (Å²) < 4.78 is 0. The maximum Gasteiger partial charge on any atom is 0.328 e. The van der Waals surface area contributed by atoms with Crippen LogP contribution in [-0.4, -0.2) is 87.2 Å². The lowest BCUT2D eigenvalue weighted by Crippen LogP contribution is -2.73. The Morgan fingerprint density at radius 2 is 1.67 bits per heavy atom. The molecule has 2 unspecified atom stereocenters. The molecule has 9 nitrogen and oxygen atoms in total. The molecule has 2 aliphatic heterocycles. The molecule has 0 bridgehead atoms. The van der Waals surface area contributed by atoms with Gasteiger partial charge in [0.15, 0.2) is 11.7 Å². The van der Waals surface area contributed by atoms with Crippen molar-refractivity contribution in [1.29, 1.82) is 0 Å². The van der Waals surface area contributed by atoms with Crippen LogP contribution in [0.2, 0.25) is 0 Å². The van der Waals surface area contributed by atoms with Gasteiger partial charge < -0.3 is 10.8 Å². The standard InChI is InChI=1S/C33H48N6O3/c1-4-21-37-31(41)30-33(5-2,35-29(25-26-16-10-9-11-17-26)39(30)36(6-3)23-24-40)38(32(37)42)22-15-8-7-12-18-27-19-13-14-20-28(27)34/h9-11,13-14,16-17,19-20,30,40H,4-8,12,15,18,21-25,34H2,1-3H3. The van der Waals surface area contributed by atoms with Crippen LogP contribution < -0.4 is 5.73 Å². The van der Waals surface area contributed by atoms with Crippen molar-refractivity contribution in [3.63, 3.8) is 0 Å². The Kier molecular flexibility index (Phi) is 11.0. The number of urea groups is 1. The number of aliphatic hydroxyl groups is 1. The number of fused-ring (bicyclic) bond motifs is 1. The van der Waals surface area contributed by atoms with E-state index in [9.17, 15) is 14.7 Å². The summed E-state index contributed by atoms with van der Waals surface area (Å²) in [7, 11) is 0. The molecule has 0 aromatic heterocycles. The highest BCUT2D eigenvalue weighted by Gasteiger charge is 2.62. The Morgan fingerprint density at radius 3 is 2.33 bits per heavy atom. The predicted molar refractivity (Wildman–Crippen MR) is 168 cm³/mol. The molecule has 0 spiro atoms. The van der Waals surface area contributed by atoms with Crippen molar-refractivity contribution < 1.29 is 14.7 Å². The van der Waals surface area contributed by atoms with Crippen LogP contribution in [0.15, 0.2) is 59.6 Å². The van der Waals surface area contributed by atoms with Crippen molar-refractivity contribution >= 4 is 23.5 Å². The second-order valence-electron chi connectivity index (χ2n) is 11.2. The van der Waals surface area contributed by atoms with Crippen LogP contribution in [0.4, 0.5) is 10.5 Å². The molecule has 0 radical (unpaired) electrons. The number of amidine groups is 1. The SMILES string of the molecule is CCCN1C(=O)C2N(N(CC)CCO)C(Cc3ccccc3)=NC2(CC)N(CCCCCCc2ccccc2N)C1=O. The maximum atomic E-state index is 14.2. The highest BCUT2D eigenvalue weighted by Crippen LogP contribution is 2.42. The molecule has 3 amide bonds. The number of rotatable bonds is 16. The molecule has 4 rings (SSSR count). The van der Waals surface area contributed by atoms with Crippen LogP contribution >= 0.6 is 0 Å². The summed E-state index contributed by atoms with van der Waals surface area (Å²) in [6, 6.07) is 17.2. The van der Waals surface area contributed by atoms with Gasteiger partial charge in [-0.15, -0.1) is 0 Å². The molecule has 0 saturated carbocycles. The molecule has 2 aromatic carbocycles. The summed E-state index contributed by atoms with van der Waals surface area (Å²) in [4.78, 5) is 36.8. The molecule has 9 heteroatoms. The Hall–Kier alpha value is -3.43. The summed E-state index contributed by atoms with van der Waals surface area (Å²) in [6.07, 6.45) is 6.55. The number of carbonyl (C=O) groups is 2. The van der Waals surface area contributed by atoms with Crippen LogP contribution in [-0.2, 0) is 17.6 Å². The molecular weight excluding hydrogens is 528 g/mol. The average Bonchev–Trinajstić information content (AvgIpc) is 3.33. The molecule has 2 aliphatic rings. The lowest BCUT2D eigenvalue weighted by Gasteiger charge is -2.51. The van der Waals surface area contributed by atoms with E-state index in [1.165, 1.54) is 10.5 Å². The zero-order valence-corrected chi connectivity index (χ0v) is 25.5. The molecule has 1 saturated heterocycles. The van der Waals surface area contributed by atoms with Crippen molar-refractivity contribution in [2.45, 2.75) is 83.8 Å². The van der Waals surface area contributed by atoms with Gasteiger partial charge in [-0.05, 0) is 49.3 Å². The number of benzene rings is 2. The molecule has 2 aromatic rings. The summed E-state index contributed by atoms with van der Waals surface area (Å²) in [6.45, 7) is 7.87. The van der Waals surface area contributed by atoms with Gasteiger partial charge in [0.05, 0.1) is 6.61 Å². The van der Waals surface area contributed by atoms with E-state index in [0.29, 0.717) is 45.4 Å². The number of nitrogens with two attached hydrogens (primary N) is 1. The first-order valence-corrected chi connectivity index (χ1v) is 15.7. The molecule has 2 heterocycles. The molecule has 42 heavy (non-hydrogen) atoms. The van der Waals surface area contributed by atoms with Gasteiger partial charge in [-0.1, -0.05) is 82.1 Å². The lowest BCUT2D eigenvalue weighted by molar-refractivity contribution is -0.151. The van der Waals surface area contributed by atoms with Gasteiger partial charge in [0.2, 0.25) is 0 Å². The quantitative estimate of drug-likeness (QED) is 0.222. The average molecular weight is 577 g/mol. The van der Waals surface area contributed by atoms with E-state index in [4.69, 9.17) is 10.7 Å². The predicted octanol–water partition coefficient (Wildman–Crippen LogP) is 4.71. The number of hydrogen-bond acceptors (Lipinski definition) is 7.